The minimum atomic E-state index is -0.345. The number of carbonyl (C=O) groups excluding carboxylic acids is 1. The van der Waals surface area contributed by atoms with Crippen molar-refractivity contribution in [3.05, 3.63) is 26.8 Å². The van der Waals surface area contributed by atoms with Gasteiger partial charge in [-0.1, -0.05) is 228 Å². The fourth-order valence-electron chi connectivity index (χ4n) is 6.22. The molecule has 0 bridgehead atoms. The van der Waals surface area contributed by atoms with E-state index < -0.39 is 0 Å². The van der Waals surface area contributed by atoms with Gasteiger partial charge in [-0.05, 0) is 24.3 Å². The Bertz CT molecular complexity index is 931. The lowest BCUT2D eigenvalue weighted by molar-refractivity contribution is -0.135. The highest BCUT2D eigenvalue weighted by Gasteiger charge is 2.32. The smallest absolute Gasteiger partial charge is 0.345 e. The molecule has 3 nitrogen and oxygen atoms in total. The number of unbranched alkanes of at least 4 members (excludes halogenated alkanes) is 26. The number of carbonyl (C=O) groups is 1. The highest BCUT2D eigenvalue weighted by atomic mass is 32.3. The number of hydrogen-bond donors (Lipinski definition) is 1. The van der Waals surface area contributed by atoms with E-state index in [1.54, 1.807) is 11.8 Å². The van der Waals surface area contributed by atoms with Gasteiger partial charge in [0, 0.05) is 4.91 Å². The summed E-state index contributed by atoms with van der Waals surface area (Å²) in [5.74, 6) is 2.02. The second-order valence-electron chi connectivity index (χ2n) is 13.8. The number of ether oxygens (including phenoxy) is 1. The third kappa shape index (κ3) is 22.2. The molecule has 2 aliphatic rings. The van der Waals surface area contributed by atoms with Crippen molar-refractivity contribution in [2.45, 2.75) is 194 Å². The Labute approximate surface area is 334 Å². The lowest BCUT2D eigenvalue weighted by Gasteiger charge is -2.06. The molecule has 1 N–H and O–H groups in total. The number of methoxy groups -OCH3 is 1. The van der Waals surface area contributed by atoms with Gasteiger partial charge in [-0.25, -0.2) is 4.79 Å². The van der Waals surface area contributed by atoms with Crippen molar-refractivity contribution in [2.24, 2.45) is 0 Å². The second-order valence-corrected chi connectivity index (χ2v) is 21.3. The maximum absolute atomic E-state index is 12.3. The van der Waals surface area contributed by atoms with Gasteiger partial charge in [0.2, 0.25) is 0 Å². The summed E-state index contributed by atoms with van der Waals surface area (Å²) < 4.78 is 10.3. The minimum absolute atomic E-state index is 0.122. The van der Waals surface area contributed by atoms with Gasteiger partial charge in [-0.2, -0.15) is 0 Å². The molecule has 290 valence electrons. The van der Waals surface area contributed by atoms with Gasteiger partial charge in [0.1, 0.15) is 4.91 Å². The van der Waals surface area contributed by atoms with Crippen LogP contribution in [0.2, 0.25) is 0 Å². The summed E-state index contributed by atoms with van der Waals surface area (Å²) in [4.78, 5) is 13.6. The lowest BCUT2D eigenvalue weighted by Crippen LogP contribution is -2.03. The summed E-state index contributed by atoms with van der Waals surface area (Å²) in [6, 6.07) is 0. The lowest BCUT2D eigenvalue weighted by atomic mass is 10.0. The Morgan fingerprint density at radius 1 is 0.500 bits per heavy atom. The van der Waals surface area contributed by atoms with Crippen molar-refractivity contribution in [2.75, 3.05) is 25.2 Å². The molecule has 0 aromatic carbocycles. The van der Waals surface area contributed by atoms with Crippen molar-refractivity contribution in [1.29, 1.82) is 0 Å². The van der Waals surface area contributed by atoms with Crippen molar-refractivity contribution in [3.63, 3.8) is 0 Å². The van der Waals surface area contributed by atoms with Gasteiger partial charge in [-0.3, -0.25) is 0 Å². The fraction of sp³-hybridized carbons (Fsp3) is 0.829. The zero-order valence-electron chi connectivity index (χ0n) is 32.1. The van der Waals surface area contributed by atoms with Crippen molar-refractivity contribution in [1.82, 2.24) is 0 Å². The number of aliphatic hydroxyl groups is 1. The first-order valence-electron chi connectivity index (χ1n) is 20.5. The van der Waals surface area contributed by atoms with Crippen LogP contribution < -0.4 is 0 Å². The van der Waals surface area contributed by atoms with Crippen LogP contribution in [0.15, 0.2) is 26.8 Å². The first kappa shape index (κ1) is 46.9. The topological polar surface area (TPSA) is 46.5 Å². The molecule has 0 saturated heterocycles. The van der Waals surface area contributed by atoms with Crippen LogP contribution in [-0.4, -0.2) is 36.3 Å². The number of esters is 1. The summed E-state index contributed by atoms with van der Waals surface area (Å²) in [5, 5.41) is 9.90. The van der Waals surface area contributed by atoms with E-state index in [-0.39, 0.29) is 12.6 Å². The number of aliphatic hydroxyl groups excluding tert-OH is 1. The van der Waals surface area contributed by atoms with E-state index in [0.717, 1.165) is 4.24 Å². The summed E-state index contributed by atoms with van der Waals surface area (Å²) >= 11 is 10.9. The summed E-state index contributed by atoms with van der Waals surface area (Å²) in [6.07, 6.45) is 39.1. The van der Waals surface area contributed by atoms with Gasteiger partial charge < -0.3 is 9.84 Å². The van der Waals surface area contributed by atoms with E-state index in [1.807, 2.05) is 47.0 Å². The molecule has 0 aliphatic carbocycles. The Kier molecular flexibility index (Phi) is 31.1. The molecule has 50 heavy (non-hydrogen) atoms. The Balaban J connectivity index is 1.66. The van der Waals surface area contributed by atoms with E-state index in [2.05, 4.69) is 13.8 Å². The van der Waals surface area contributed by atoms with E-state index >= 15 is 0 Å². The predicted octanol–water partition coefficient (Wildman–Crippen LogP) is 16.0. The van der Waals surface area contributed by atoms with E-state index in [0.29, 0.717) is 9.81 Å². The third-order valence-corrected chi connectivity index (χ3v) is 18.2. The van der Waals surface area contributed by atoms with Crippen LogP contribution in [0.1, 0.15) is 194 Å². The third-order valence-electron chi connectivity index (χ3n) is 9.34. The molecule has 0 aromatic rings. The Hall–Kier alpha value is 0.750. The molecular weight excluding hydrogens is 733 g/mol. The summed E-state index contributed by atoms with van der Waals surface area (Å²) in [5.41, 5.74) is 0. The molecule has 9 heteroatoms. The standard InChI is InChI=1S/C41H72O3S6/c1-4-6-8-10-12-14-16-18-20-22-24-26-28-30-32-45-38-39(50-41(49-38)40-47-35(34-42)36(48-40)37(43)44-3)46-33-31-29-27-25-23-21-19-17-15-13-11-9-7-5-2/h42H,4-34H2,1-3H3. The van der Waals surface area contributed by atoms with Crippen molar-refractivity contribution >= 4 is 76.5 Å². The maximum atomic E-state index is 12.3. The molecule has 0 aromatic heterocycles. The predicted molar refractivity (Wildman–Crippen MR) is 236 cm³/mol. The molecule has 0 fully saturated rings. The molecular formula is C41H72O3S6. The molecule has 2 aliphatic heterocycles. The number of rotatable bonds is 34. The zero-order chi connectivity index (χ0) is 35.9. The number of thioether (sulfide) groups is 6. The van der Waals surface area contributed by atoms with Crippen LogP contribution in [0.5, 0.6) is 0 Å². The van der Waals surface area contributed by atoms with Crippen LogP contribution in [0.3, 0.4) is 0 Å². The summed E-state index contributed by atoms with van der Waals surface area (Å²) in [6.45, 7) is 4.47. The van der Waals surface area contributed by atoms with Crippen molar-refractivity contribution in [3.8, 4) is 0 Å². The first-order chi connectivity index (χ1) is 24.6. The Morgan fingerprint density at radius 3 is 1.14 bits per heavy atom. The van der Waals surface area contributed by atoms with Crippen LogP contribution in [0.25, 0.3) is 0 Å². The van der Waals surface area contributed by atoms with Crippen molar-refractivity contribution < 1.29 is 14.6 Å². The summed E-state index contributed by atoms with van der Waals surface area (Å²) in [7, 11) is 1.42. The second kappa shape index (κ2) is 33.1. The van der Waals surface area contributed by atoms with Crippen LogP contribution in [0.4, 0.5) is 0 Å². The molecule has 0 spiro atoms. The average Bonchev–Trinajstić information content (AvgIpc) is 3.75. The molecule has 0 unspecified atom stereocenters. The van der Waals surface area contributed by atoms with Gasteiger partial charge in [-0.15, -0.1) is 23.5 Å². The van der Waals surface area contributed by atoms with Crippen LogP contribution >= 0.6 is 70.6 Å². The molecule has 0 atom stereocenters. The molecule has 0 amide bonds. The normalized spacial score (nSPS) is 15.0. The number of hydrogen-bond acceptors (Lipinski definition) is 9. The molecule has 2 heterocycles. The minimum Gasteiger partial charge on any atom is -0.465 e. The van der Waals surface area contributed by atoms with E-state index in [1.165, 1.54) is 223 Å². The van der Waals surface area contributed by atoms with Crippen LogP contribution in [0, 0.1) is 0 Å². The maximum Gasteiger partial charge on any atom is 0.345 e. The highest BCUT2D eigenvalue weighted by Crippen LogP contribution is 2.63. The van der Waals surface area contributed by atoms with Gasteiger partial charge in [0.05, 0.1) is 30.7 Å². The molecule has 0 saturated carbocycles. The van der Waals surface area contributed by atoms with Gasteiger partial charge in [0.15, 0.2) is 0 Å². The van der Waals surface area contributed by atoms with Gasteiger partial charge >= 0.3 is 5.97 Å². The van der Waals surface area contributed by atoms with E-state index in [4.69, 9.17) is 4.74 Å². The average molecular weight is 805 g/mol. The molecule has 0 radical (unpaired) electrons. The van der Waals surface area contributed by atoms with E-state index in [9.17, 15) is 9.90 Å². The molecule has 2 rings (SSSR count). The largest absolute Gasteiger partial charge is 0.465 e. The zero-order valence-corrected chi connectivity index (χ0v) is 37.0. The SMILES string of the molecule is CCCCCCCCCCCCCCCCSC1=C(SCCCCCCCCCCCCCCCC)SC(=C2SC(CO)=C(C(=O)OC)S2)S1. The first-order valence-corrected chi connectivity index (χ1v) is 25.8. The Morgan fingerprint density at radius 2 is 0.820 bits per heavy atom. The highest BCUT2D eigenvalue weighted by molar-refractivity contribution is 8.42. The monoisotopic (exact) mass is 804 g/mol. The fourth-order valence-corrected chi connectivity index (χ4v) is 15.0. The van der Waals surface area contributed by atoms with Crippen LogP contribution in [-0.2, 0) is 9.53 Å². The quantitative estimate of drug-likeness (QED) is 0.0506. The van der Waals surface area contributed by atoms with Gasteiger partial charge in [0.25, 0.3) is 0 Å².